The molecule has 4 fully saturated rings. The first-order valence-corrected chi connectivity index (χ1v) is 9.80. The third-order valence-corrected chi connectivity index (χ3v) is 7.16. The molecule has 4 aliphatic carbocycles. The highest BCUT2D eigenvalue weighted by molar-refractivity contribution is 5.09. The van der Waals surface area contributed by atoms with Gasteiger partial charge in [-0.15, -0.1) is 0 Å². The molecule has 4 aliphatic rings. The van der Waals surface area contributed by atoms with Gasteiger partial charge in [0.15, 0.2) is 5.82 Å². The Bertz CT molecular complexity index is 579. The van der Waals surface area contributed by atoms with Crippen LogP contribution in [0.1, 0.15) is 82.5 Å². The highest BCUT2D eigenvalue weighted by Crippen LogP contribution is 2.59. The van der Waals surface area contributed by atoms with Crippen molar-refractivity contribution in [3.63, 3.8) is 0 Å². The van der Waals surface area contributed by atoms with Crippen LogP contribution < -0.4 is 5.32 Å². The summed E-state index contributed by atoms with van der Waals surface area (Å²) >= 11 is 0. The van der Waals surface area contributed by atoms with Gasteiger partial charge in [-0.2, -0.15) is 4.98 Å². The monoisotopic (exact) mass is 315 g/mol. The Morgan fingerprint density at radius 1 is 1.04 bits per heavy atom. The second-order valence-corrected chi connectivity index (χ2v) is 8.91. The van der Waals surface area contributed by atoms with E-state index >= 15 is 0 Å². The highest BCUT2D eigenvalue weighted by Gasteiger charge is 2.54. The van der Waals surface area contributed by atoms with Gasteiger partial charge in [0.2, 0.25) is 5.89 Å². The average Bonchev–Trinajstić information content (AvgIpc) is 2.97. The fraction of sp³-hybridized carbons (Fsp3) is 0.895. The van der Waals surface area contributed by atoms with Gasteiger partial charge in [-0.05, 0) is 68.1 Å². The van der Waals surface area contributed by atoms with Crippen molar-refractivity contribution >= 4 is 0 Å². The van der Waals surface area contributed by atoms with Gasteiger partial charge in [0.1, 0.15) is 0 Å². The Hall–Kier alpha value is -0.900. The smallest absolute Gasteiger partial charge is 0.244 e. The summed E-state index contributed by atoms with van der Waals surface area (Å²) in [6.45, 7) is 4.54. The number of hydrogen-bond donors (Lipinski definition) is 1. The van der Waals surface area contributed by atoms with E-state index in [2.05, 4.69) is 24.3 Å². The van der Waals surface area contributed by atoms with Crippen LogP contribution in [0.3, 0.4) is 0 Å². The summed E-state index contributed by atoms with van der Waals surface area (Å²) in [6.07, 6.45) is 9.75. The summed E-state index contributed by atoms with van der Waals surface area (Å²) in [4.78, 5) is 4.72. The molecule has 0 radical (unpaired) electrons. The normalized spacial score (nSPS) is 40.0. The van der Waals surface area contributed by atoms with Gasteiger partial charge in [-0.3, -0.25) is 0 Å². The van der Waals surface area contributed by atoms with Crippen LogP contribution in [-0.4, -0.2) is 16.2 Å². The molecular weight excluding hydrogens is 286 g/mol. The van der Waals surface area contributed by atoms with Crippen molar-refractivity contribution in [2.45, 2.75) is 76.8 Å². The summed E-state index contributed by atoms with van der Waals surface area (Å²) < 4.78 is 5.64. The zero-order valence-electron chi connectivity index (χ0n) is 14.4. The van der Waals surface area contributed by atoms with Crippen LogP contribution in [0.5, 0.6) is 0 Å². The van der Waals surface area contributed by atoms with Gasteiger partial charge >= 0.3 is 0 Å². The third-order valence-electron chi connectivity index (χ3n) is 7.16. The lowest BCUT2D eigenvalue weighted by atomic mass is 9.78. The second kappa shape index (κ2) is 5.30. The Balaban J connectivity index is 1.32. The van der Waals surface area contributed by atoms with E-state index < -0.39 is 0 Å². The number of nitrogens with zero attached hydrogens (tertiary/aromatic N) is 2. The van der Waals surface area contributed by atoms with Crippen molar-refractivity contribution in [2.75, 3.05) is 0 Å². The van der Waals surface area contributed by atoms with Crippen LogP contribution in [0.2, 0.25) is 0 Å². The van der Waals surface area contributed by atoms with Crippen LogP contribution >= 0.6 is 0 Å². The molecule has 0 unspecified atom stereocenters. The molecule has 0 aliphatic heterocycles. The van der Waals surface area contributed by atoms with E-state index in [9.17, 15) is 0 Å². The standard InChI is InChI=1S/C19H29N3O/c1-10(2)17(19-21-18(22-23-19)11-6-7-11)20-16-9-12-8-15(16)14-5-3-4-13(12)14/h10-17,20H,3-9H2,1-2H3/t12-,13+,14+,15+,16-,17+/m1/s1. The van der Waals surface area contributed by atoms with E-state index in [1.807, 2.05) is 0 Å². The maximum atomic E-state index is 5.64. The van der Waals surface area contributed by atoms with E-state index in [1.54, 1.807) is 0 Å². The van der Waals surface area contributed by atoms with E-state index in [-0.39, 0.29) is 6.04 Å². The minimum absolute atomic E-state index is 0.221. The number of aromatic nitrogens is 2. The summed E-state index contributed by atoms with van der Waals surface area (Å²) in [5, 5.41) is 8.18. The minimum Gasteiger partial charge on any atom is -0.338 e. The zero-order chi connectivity index (χ0) is 15.6. The molecule has 4 nitrogen and oxygen atoms in total. The van der Waals surface area contributed by atoms with Crippen molar-refractivity contribution < 1.29 is 4.52 Å². The Labute approximate surface area is 138 Å². The lowest BCUT2D eigenvalue weighted by Crippen LogP contribution is -2.42. The summed E-state index contributed by atoms with van der Waals surface area (Å²) in [5.74, 6) is 6.78. The van der Waals surface area contributed by atoms with Crippen LogP contribution in [0.25, 0.3) is 0 Å². The molecule has 23 heavy (non-hydrogen) atoms. The molecule has 0 amide bonds. The quantitative estimate of drug-likeness (QED) is 0.890. The van der Waals surface area contributed by atoms with Gasteiger partial charge < -0.3 is 9.84 Å². The molecule has 4 heteroatoms. The zero-order valence-corrected chi connectivity index (χ0v) is 14.4. The SMILES string of the molecule is CC(C)[C@H](N[C@@H]1C[C@H]2C[C@H]1[C@H]1CCC[C@@H]21)c1nc(C2CC2)no1. The molecule has 0 saturated heterocycles. The highest BCUT2D eigenvalue weighted by atomic mass is 16.5. The molecule has 1 heterocycles. The molecule has 0 spiro atoms. The molecular formula is C19H29N3O. The fourth-order valence-electron chi connectivity index (χ4n) is 5.92. The molecule has 126 valence electrons. The average molecular weight is 315 g/mol. The topological polar surface area (TPSA) is 51.0 Å². The number of nitrogens with one attached hydrogen (secondary N) is 1. The van der Waals surface area contributed by atoms with Crippen LogP contribution in [0.4, 0.5) is 0 Å². The van der Waals surface area contributed by atoms with Crippen molar-refractivity contribution in [3.8, 4) is 0 Å². The van der Waals surface area contributed by atoms with Gasteiger partial charge in [-0.25, -0.2) is 0 Å². The molecule has 1 aromatic rings. The maximum absolute atomic E-state index is 5.64. The van der Waals surface area contributed by atoms with Crippen molar-refractivity contribution in [2.24, 2.45) is 29.6 Å². The van der Waals surface area contributed by atoms with Gasteiger partial charge in [0.25, 0.3) is 0 Å². The van der Waals surface area contributed by atoms with E-state index in [0.29, 0.717) is 17.9 Å². The van der Waals surface area contributed by atoms with Gasteiger partial charge in [0.05, 0.1) is 6.04 Å². The van der Waals surface area contributed by atoms with E-state index in [4.69, 9.17) is 9.51 Å². The lowest BCUT2D eigenvalue weighted by molar-refractivity contribution is 0.175. The maximum Gasteiger partial charge on any atom is 0.244 e. The molecule has 1 aromatic heterocycles. The molecule has 1 N–H and O–H groups in total. The number of rotatable bonds is 5. The van der Waals surface area contributed by atoms with Crippen LogP contribution in [-0.2, 0) is 0 Å². The van der Waals surface area contributed by atoms with Gasteiger partial charge in [0, 0.05) is 12.0 Å². The molecule has 5 rings (SSSR count). The third kappa shape index (κ3) is 2.36. The fourth-order valence-corrected chi connectivity index (χ4v) is 5.92. The molecule has 6 atom stereocenters. The van der Waals surface area contributed by atoms with E-state index in [0.717, 1.165) is 35.4 Å². The summed E-state index contributed by atoms with van der Waals surface area (Å²) in [6, 6.07) is 0.891. The first kappa shape index (κ1) is 14.4. The largest absolute Gasteiger partial charge is 0.338 e. The lowest BCUT2D eigenvalue weighted by Gasteiger charge is -2.35. The van der Waals surface area contributed by atoms with Crippen molar-refractivity contribution in [1.29, 1.82) is 0 Å². The van der Waals surface area contributed by atoms with Crippen molar-refractivity contribution in [1.82, 2.24) is 15.5 Å². The molecule has 2 bridgehead atoms. The minimum atomic E-state index is 0.221. The van der Waals surface area contributed by atoms with Crippen molar-refractivity contribution in [3.05, 3.63) is 11.7 Å². The second-order valence-electron chi connectivity index (χ2n) is 8.91. The Morgan fingerprint density at radius 3 is 2.65 bits per heavy atom. The van der Waals surface area contributed by atoms with E-state index in [1.165, 1.54) is 44.9 Å². The van der Waals surface area contributed by atoms with Crippen LogP contribution in [0.15, 0.2) is 4.52 Å². The molecule has 0 aromatic carbocycles. The summed E-state index contributed by atoms with van der Waals surface area (Å²) in [7, 11) is 0. The first-order chi connectivity index (χ1) is 11.2. The molecule has 4 saturated carbocycles. The van der Waals surface area contributed by atoms with Crippen LogP contribution in [0, 0.1) is 29.6 Å². The predicted molar refractivity (Wildman–Crippen MR) is 87.8 cm³/mol. The number of hydrogen-bond acceptors (Lipinski definition) is 4. The Morgan fingerprint density at radius 2 is 1.87 bits per heavy atom. The predicted octanol–water partition coefficient (Wildman–Crippen LogP) is 4.06. The summed E-state index contributed by atoms with van der Waals surface area (Å²) in [5.41, 5.74) is 0. The first-order valence-electron chi connectivity index (χ1n) is 9.80. The van der Waals surface area contributed by atoms with Gasteiger partial charge in [-0.1, -0.05) is 25.4 Å². The Kier molecular flexibility index (Phi) is 3.33. The number of fused-ring (bicyclic) bond motifs is 5.